The Morgan fingerprint density at radius 1 is 1.50 bits per heavy atom. The van der Waals surface area contributed by atoms with Crippen LogP contribution in [0.2, 0.25) is 5.02 Å². The third-order valence-corrected chi connectivity index (χ3v) is 3.90. The topological polar surface area (TPSA) is 52.3 Å². The Labute approximate surface area is 112 Å². The minimum Gasteiger partial charge on any atom is -0.465 e. The Kier molecular flexibility index (Phi) is 3.54. The van der Waals surface area contributed by atoms with Crippen molar-refractivity contribution in [3.63, 3.8) is 0 Å². The summed E-state index contributed by atoms with van der Waals surface area (Å²) in [5.41, 5.74) is 6.51. The number of halogens is 2. The van der Waals surface area contributed by atoms with Crippen molar-refractivity contribution < 1.29 is 13.9 Å². The van der Waals surface area contributed by atoms with E-state index in [1.807, 2.05) is 0 Å². The minimum absolute atomic E-state index is 0.00941. The lowest BCUT2D eigenvalue weighted by atomic mass is 10.2. The third-order valence-electron chi connectivity index (χ3n) is 2.35. The molecule has 0 amide bonds. The first-order chi connectivity index (χ1) is 8.54. The third kappa shape index (κ3) is 2.19. The van der Waals surface area contributed by atoms with Gasteiger partial charge in [0.15, 0.2) is 0 Å². The van der Waals surface area contributed by atoms with Crippen LogP contribution in [0.3, 0.4) is 0 Å². The van der Waals surface area contributed by atoms with Gasteiger partial charge in [-0.25, -0.2) is 9.18 Å². The lowest BCUT2D eigenvalue weighted by Crippen LogP contribution is -2.00. The van der Waals surface area contributed by atoms with Gasteiger partial charge in [-0.05, 0) is 12.1 Å². The molecule has 2 rings (SSSR count). The Morgan fingerprint density at radius 2 is 2.22 bits per heavy atom. The number of carbonyl (C=O) groups excluding carboxylic acids is 1. The molecule has 0 spiro atoms. The zero-order valence-electron chi connectivity index (χ0n) is 9.37. The van der Waals surface area contributed by atoms with E-state index in [1.54, 1.807) is 18.2 Å². The highest BCUT2D eigenvalue weighted by atomic mass is 35.5. The standard InChI is InChI=1S/C12H9ClFNO2S/c1-17-12(16)11-8(15)5-9(18-11)6-3-2-4-7(14)10(6)13/h2-5H,15H2,1H3. The van der Waals surface area contributed by atoms with E-state index in [4.69, 9.17) is 17.3 Å². The molecule has 0 aliphatic heterocycles. The van der Waals surface area contributed by atoms with Crippen molar-refractivity contribution >= 4 is 34.6 Å². The number of rotatable bonds is 2. The van der Waals surface area contributed by atoms with E-state index in [9.17, 15) is 9.18 Å². The summed E-state index contributed by atoms with van der Waals surface area (Å²) in [5.74, 6) is -1.03. The number of hydrogen-bond donors (Lipinski definition) is 1. The van der Waals surface area contributed by atoms with Crippen molar-refractivity contribution in [3.05, 3.63) is 40.0 Å². The average Bonchev–Trinajstić information content (AvgIpc) is 2.73. The molecular formula is C12H9ClFNO2S. The fourth-order valence-corrected chi connectivity index (χ4v) is 2.80. The Hall–Kier alpha value is -1.59. The van der Waals surface area contributed by atoms with E-state index in [0.717, 1.165) is 11.3 Å². The SMILES string of the molecule is COC(=O)c1sc(-c2cccc(F)c2Cl)cc1N. The molecule has 18 heavy (non-hydrogen) atoms. The number of anilines is 1. The molecule has 0 aliphatic rings. The fourth-order valence-electron chi connectivity index (χ4n) is 1.48. The smallest absolute Gasteiger partial charge is 0.350 e. The van der Waals surface area contributed by atoms with E-state index in [-0.39, 0.29) is 9.90 Å². The van der Waals surface area contributed by atoms with Crippen LogP contribution in [0, 0.1) is 5.82 Å². The predicted molar refractivity (Wildman–Crippen MR) is 70.5 cm³/mol. The second kappa shape index (κ2) is 4.96. The van der Waals surface area contributed by atoms with Gasteiger partial charge in [0.2, 0.25) is 0 Å². The van der Waals surface area contributed by atoms with Gasteiger partial charge in [-0.3, -0.25) is 0 Å². The maximum atomic E-state index is 13.3. The Bertz CT molecular complexity index is 612. The number of benzene rings is 1. The highest BCUT2D eigenvalue weighted by molar-refractivity contribution is 7.18. The summed E-state index contributed by atoms with van der Waals surface area (Å²) in [7, 11) is 1.27. The zero-order chi connectivity index (χ0) is 13.3. The summed E-state index contributed by atoms with van der Waals surface area (Å²) in [6.07, 6.45) is 0. The number of ether oxygens (including phenoxy) is 1. The molecule has 0 fully saturated rings. The molecule has 1 aromatic carbocycles. The van der Waals surface area contributed by atoms with E-state index < -0.39 is 11.8 Å². The molecule has 0 radical (unpaired) electrons. The quantitative estimate of drug-likeness (QED) is 0.858. The van der Waals surface area contributed by atoms with Crippen LogP contribution in [0.4, 0.5) is 10.1 Å². The average molecular weight is 286 g/mol. The van der Waals surface area contributed by atoms with Crippen molar-refractivity contribution in [2.45, 2.75) is 0 Å². The van der Waals surface area contributed by atoms with Crippen LogP contribution in [0.15, 0.2) is 24.3 Å². The number of hydrogen-bond acceptors (Lipinski definition) is 4. The minimum atomic E-state index is -0.517. The second-order valence-corrected chi connectivity index (χ2v) is 4.92. The molecule has 1 aromatic heterocycles. The summed E-state index contributed by atoms with van der Waals surface area (Å²) in [4.78, 5) is 12.3. The highest BCUT2D eigenvalue weighted by Gasteiger charge is 2.17. The summed E-state index contributed by atoms with van der Waals surface area (Å²) in [6, 6.07) is 6.06. The number of methoxy groups -OCH3 is 1. The van der Waals surface area contributed by atoms with E-state index >= 15 is 0 Å². The Balaban J connectivity index is 2.53. The number of esters is 1. The van der Waals surface area contributed by atoms with Crippen molar-refractivity contribution in [1.29, 1.82) is 0 Å². The van der Waals surface area contributed by atoms with Crippen LogP contribution in [0.25, 0.3) is 10.4 Å². The van der Waals surface area contributed by atoms with Crippen LogP contribution >= 0.6 is 22.9 Å². The second-order valence-electron chi connectivity index (χ2n) is 3.49. The van der Waals surface area contributed by atoms with E-state index in [2.05, 4.69) is 4.74 Å². The zero-order valence-corrected chi connectivity index (χ0v) is 10.9. The molecule has 0 saturated carbocycles. The van der Waals surface area contributed by atoms with Crippen LogP contribution in [-0.2, 0) is 4.74 Å². The molecule has 0 unspecified atom stereocenters. The van der Waals surface area contributed by atoms with Gasteiger partial charge in [0.25, 0.3) is 0 Å². The van der Waals surface area contributed by atoms with Gasteiger partial charge in [0.05, 0.1) is 17.8 Å². The van der Waals surface area contributed by atoms with Crippen LogP contribution in [0.5, 0.6) is 0 Å². The van der Waals surface area contributed by atoms with Gasteiger partial charge in [0.1, 0.15) is 10.7 Å². The number of nitrogens with two attached hydrogens (primary N) is 1. The van der Waals surface area contributed by atoms with Crippen molar-refractivity contribution in [3.8, 4) is 10.4 Å². The highest BCUT2D eigenvalue weighted by Crippen LogP contribution is 2.37. The van der Waals surface area contributed by atoms with Gasteiger partial charge in [-0.15, -0.1) is 11.3 Å². The number of thiophene rings is 1. The van der Waals surface area contributed by atoms with Gasteiger partial charge in [0, 0.05) is 10.4 Å². The molecule has 0 atom stereocenters. The molecule has 6 heteroatoms. The van der Waals surface area contributed by atoms with Crippen LogP contribution in [0.1, 0.15) is 9.67 Å². The van der Waals surface area contributed by atoms with E-state index in [0.29, 0.717) is 16.1 Å². The first-order valence-corrected chi connectivity index (χ1v) is 6.16. The molecular weight excluding hydrogens is 277 g/mol. The molecule has 1 heterocycles. The normalized spacial score (nSPS) is 10.4. The van der Waals surface area contributed by atoms with Gasteiger partial charge >= 0.3 is 5.97 Å². The molecule has 0 bridgehead atoms. The maximum absolute atomic E-state index is 13.3. The van der Waals surface area contributed by atoms with Crippen molar-refractivity contribution in [2.75, 3.05) is 12.8 Å². The predicted octanol–water partition coefficient (Wildman–Crippen LogP) is 3.58. The van der Waals surface area contributed by atoms with Gasteiger partial charge in [-0.2, -0.15) is 0 Å². The number of carbonyl (C=O) groups is 1. The monoisotopic (exact) mass is 285 g/mol. The van der Waals surface area contributed by atoms with E-state index in [1.165, 1.54) is 13.2 Å². The van der Waals surface area contributed by atoms with Crippen LogP contribution in [-0.4, -0.2) is 13.1 Å². The lowest BCUT2D eigenvalue weighted by molar-refractivity contribution is 0.0607. The van der Waals surface area contributed by atoms with Crippen molar-refractivity contribution in [1.82, 2.24) is 0 Å². The number of nitrogen functional groups attached to an aromatic ring is 1. The summed E-state index contributed by atoms with van der Waals surface area (Å²) in [6.45, 7) is 0. The van der Waals surface area contributed by atoms with Crippen molar-refractivity contribution in [2.24, 2.45) is 0 Å². The molecule has 3 nitrogen and oxygen atoms in total. The molecule has 2 aromatic rings. The molecule has 94 valence electrons. The summed E-state index contributed by atoms with van der Waals surface area (Å²) in [5, 5.41) is 0.00941. The lowest BCUT2D eigenvalue weighted by Gasteiger charge is -2.01. The van der Waals surface area contributed by atoms with Gasteiger partial charge in [-0.1, -0.05) is 23.7 Å². The molecule has 0 saturated heterocycles. The van der Waals surface area contributed by atoms with Crippen LogP contribution < -0.4 is 5.73 Å². The Morgan fingerprint density at radius 3 is 2.89 bits per heavy atom. The first-order valence-electron chi connectivity index (χ1n) is 4.96. The fraction of sp³-hybridized carbons (Fsp3) is 0.0833. The summed E-state index contributed by atoms with van der Waals surface area (Å²) >= 11 is 6.99. The molecule has 0 aliphatic carbocycles. The maximum Gasteiger partial charge on any atom is 0.350 e. The largest absolute Gasteiger partial charge is 0.465 e. The molecule has 2 N–H and O–H groups in total. The van der Waals surface area contributed by atoms with Gasteiger partial charge < -0.3 is 10.5 Å². The first kappa shape index (κ1) is 12.9. The summed E-state index contributed by atoms with van der Waals surface area (Å²) < 4.78 is 18.0.